The zero-order chi connectivity index (χ0) is 14.5. The zero-order valence-corrected chi connectivity index (χ0v) is 11.8. The smallest absolute Gasteiger partial charge is 0.407 e. The predicted molar refractivity (Wildman–Crippen MR) is 71.4 cm³/mol. The molecule has 1 amide bonds. The molecule has 108 valence electrons. The fraction of sp³-hybridized carbons (Fsp3) is 0.769. The van der Waals surface area contributed by atoms with Crippen LogP contribution < -0.4 is 5.32 Å². The van der Waals surface area contributed by atoms with Gasteiger partial charge in [0.1, 0.15) is 11.1 Å². The number of carbonyl (C=O) groups excluding carboxylic acids is 1. The number of amides is 1. The molecule has 1 saturated heterocycles. The van der Waals surface area contributed by atoms with Gasteiger partial charge in [-0.3, -0.25) is 0 Å². The van der Waals surface area contributed by atoms with Gasteiger partial charge in [0.05, 0.1) is 0 Å². The molecule has 0 aliphatic carbocycles. The number of hydrogen-bond acceptors (Lipinski definition) is 5. The van der Waals surface area contributed by atoms with Gasteiger partial charge < -0.3 is 14.8 Å². The molecule has 1 aliphatic rings. The van der Waals surface area contributed by atoms with Crippen LogP contribution in [0.1, 0.15) is 33.6 Å². The number of nitrogens with one attached hydrogen (secondary N) is 1. The summed E-state index contributed by atoms with van der Waals surface area (Å²) >= 11 is 0. The standard InChI is InChI=1S/C13H22N2O4/c1-10(14-11(16)19-12(2,3)4)9-13(15-17)5-7-18-8-6-13/h9-10H,1,5-8H2,2-4H3,(H,14,16)/t10-/m1/s1. The van der Waals surface area contributed by atoms with Crippen LogP contribution >= 0.6 is 0 Å². The molecule has 2 radical (unpaired) electrons. The Labute approximate surface area is 114 Å². The number of nitrogens with zero attached hydrogens (tertiary/aromatic N) is 1. The maximum atomic E-state index is 11.6. The van der Waals surface area contributed by atoms with Crippen molar-refractivity contribution in [2.45, 2.75) is 50.8 Å². The lowest BCUT2D eigenvalue weighted by atomic mass is 9.85. The summed E-state index contributed by atoms with van der Waals surface area (Å²) < 4.78 is 10.3. The van der Waals surface area contributed by atoms with Crippen molar-refractivity contribution in [2.75, 3.05) is 13.2 Å². The van der Waals surface area contributed by atoms with Gasteiger partial charge in [-0.1, -0.05) is 5.18 Å². The van der Waals surface area contributed by atoms with Gasteiger partial charge >= 0.3 is 6.09 Å². The lowest BCUT2D eigenvalue weighted by Crippen LogP contribution is -2.45. The van der Waals surface area contributed by atoms with Crippen LogP contribution in [0.4, 0.5) is 4.79 Å². The van der Waals surface area contributed by atoms with Crippen molar-refractivity contribution in [2.24, 2.45) is 5.18 Å². The fourth-order valence-corrected chi connectivity index (χ4v) is 1.89. The SMILES string of the molecule is [CH2][C@H]([CH]C1(N=O)CCOCC1)NC(=O)OC(C)(C)C. The Hall–Kier alpha value is -1.17. The highest BCUT2D eigenvalue weighted by Gasteiger charge is 2.36. The first-order chi connectivity index (χ1) is 8.76. The van der Waals surface area contributed by atoms with E-state index in [9.17, 15) is 9.70 Å². The van der Waals surface area contributed by atoms with Crippen LogP contribution in [0.15, 0.2) is 5.18 Å². The van der Waals surface area contributed by atoms with Crippen molar-refractivity contribution in [1.82, 2.24) is 5.32 Å². The first-order valence-corrected chi connectivity index (χ1v) is 6.37. The van der Waals surface area contributed by atoms with E-state index in [0.29, 0.717) is 26.1 Å². The van der Waals surface area contributed by atoms with E-state index in [1.165, 1.54) is 0 Å². The molecule has 6 heteroatoms. The van der Waals surface area contributed by atoms with E-state index in [1.807, 2.05) is 0 Å². The zero-order valence-electron chi connectivity index (χ0n) is 11.8. The topological polar surface area (TPSA) is 77.0 Å². The highest BCUT2D eigenvalue weighted by molar-refractivity contribution is 5.68. The minimum Gasteiger partial charge on any atom is -0.444 e. The molecule has 0 spiro atoms. The Morgan fingerprint density at radius 1 is 1.47 bits per heavy atom. The number of hydrogen-bond donors (Lipinski definition) is 1. The maximum absolute atomic E-state index is 11.6. The largest absolute Gasteiger partial charge is 0.444 e. The number of rotatable bonds is 4. The lowest BCUT2D eigenvalue weighted by Gasteiger charge is -2.32. The van der Waals surface area contributed by atoms with E-state index in [1.54, 1.807) is 27.2 Å². The van der Waals surface area contributed by atoms with Gasteiger partial charge in [-0.15, -0.1) is 0 Å². The van der Waals surface area contributed by atoms with Gasteiger partial charge in [-0.05, 0) is 40.5 Å². The van der Waals surface area contributed by atoms with Crippen molar-refractivity contribution < 1.29 is 14.3 Å². The molecule has 1 N–H and O–H groups in total. The Balaban J connectivity index is 2.47. The van der Waals surface area contributed by atoms with Crippen LogP contribution in [0.3, 0.4) is 0 Å². The van der Waals surface area contributed by atoms with Gasteiger partial charge in [0.25, 0.3) is 0 Å². The first-order valence-electron chi connectivity index (χ1n) is 6.37. The van der Waals surface area contributed by atoms with Gasteiger partial charge in [0.15, 0.2) is 0 Å². The highest BCUT2D eigenvalue weighted by Crippen LogP contribution is 2.29. The van der Waals surface area contributed by atoms with E-state index in [2.05, 4.69) is 17.4 Å². The van der Waals surface area contributed by atoms with E-state index in [-0.39, 0.29) is 0 Å². The summed E-state index contributed by atoms with van der Waals surface area (Å²) in [5.41, 5.74) is -1.37. The molecular formula is C13H22N2O4. The van der Waals surface area contributed by atoms with Crippen LogP contribution in [-0.2, 0) is 9.47 Å². The molecule has 1 aliphatic heterocycles. The Morgan fingerprint density at radius 3 is 2.53 bits per heavy atom. The predicted octanol–water partition coefficient (Wildman–Crippen LogP) is 2.23. The van der Waals surface area contributed by atoms with Crippen LogP contribution in [0, 0.1) is 18.3 Å². The van der Waals surface area contributed by atoms with Crippen LogP contribution in [0.5, 0.6) is 0 Å². The van der Waals surface area contributed by atoms with Gasteiger partial charge in [-0.25, -0.2) is 4.79 Å². The molecule has 1 rings (SSSR count). The quantitative estimate of drug-likeness (QED) is 0.795. The molecular weight excluding hydrogens is 248 g/mol. The molecule has 1 atom stereocenters. The van der Waals surface area contributed by atoms with Crippen molar-refractivity contribution >= 4 is 6.09 Å². The third-order valence-electron chi connectivity index (χ3n) is 2.75. The average Bonchev–Trinajstić information content (AvgIpc) is 2.27. The number of carbonyl (C=O) groups is 1. The summed E-state index contributed by atoms with van der Waals surface area (Å²) in [5, 5.41) is 5.76. The van der Waals surface area contributed by atoms with Gasteiger partial charge in [0.2, 0.25) is 0 Å². The van der Waals surface area contributed by atoms with Crippen molar-refractivity contribution in [3.05, 3.63) is 18.3 Å². The molecule has 0 aromatic rings. The van der Waals surface area contributed by atoms with Crippen molar-refractivity contribution in [1.29, 1.82) is 0 Å². The van der Waals surface area contributed by atoms with Gasteiger partial charge in [-0.2, -0.15) is 4.91 Å². The van der Waals surface area contributed by atoms with E-state index < -0.39 is 23.3 Å². The summed E-state index contributed by atoms with van der Waals surface area (Å²) in [4.78, 5) is 22.6. The number of alkyl carbamates (subject to hydrolysis) is 1. The average molecular weight is 270 g/mol. The molecule has 0 unspecified atom stereocenters. The second-order valence-electron chi connectivity index (χ2n) is 5.73. The van der Waals surface area contributed by atoms with E-state index >= 15 is 0 Å². The Kier molecular flexibility index (Phi) is 5.29. The highest BCUT2D eigenvalue weighted by atomic mass is 16.6. The molecule has 1 fully saturated rings. The molecule has 0 aromatic carbocycles. The lowest BCUT2D eigenvalue weighted by molar-refractivity contribution is 0.0495. The van der Waals surface area contributed by atoms with E-state index in [0.717, 1.165) is 0 Å². The Bertz CT molecular complexity index is 319. The van der Waals surface area contributed by atoms with Crippen LogP contribution in [0.25, 0.3) is 0 Å². The number of ether oxygens (including phenoxy) is 2. The minimum atomic E-state index is -0.806. The van der Waals surface area contributed by atoms with Crippen LogP contribution in [-0.4, -0.2) is 36.5 Å². The monoisotopic (exact) mass is 270 g/mol. The summed E-state index contributed by atoms with van der Waals surface area (Å²) in [6.45, 7) is 10.1. The fourth-order valence-electron chi connectivity index (χ4n) is 1.89. The second kappa shape index (κ2) is 6.32. The molecule has 6 nitrogen and oxygen atoms in total. The molecule has 0 aromatic heterocycles. The first kappa shape index (κ1) is 15.9. The molecule has 19 heavy (non-hydrogen) atoms. The second-order valence-corrected chi connectivity index (χ2v) is 5.73. The third kappa shape index (κ3) is 5.55. The summed E-state index contributed by atoms with van der Waals surface area (Å²) in [7, 11) is 0. The minimum absolute atomic E-state index is 0.487. The molecule has 1 heterocycles. The number of nitroso groups, excluding NO2 is 1. The van der Waals surface area contributed by atoms with Crippen molar-refractivity contribution in [3.63, 3.8) is 0 Å². The van der Waals surface area contributed by atoms with Crippen LogP contribution in [0.2, 0.25) is 0 Å². The van der Waals surface area contributed by atoms with Crippen molar-refractivity contribution in [3.8, 4) is 0 Å². The summed E-state index contributed by atoms with van der Waals surface area (Å²) in [5.74, 6) is 0. The van der Waals surface area contributed by atoms with Gasteiger partial charge in [0, 0.05) is 25.7 Å². The normalized spacial score (nSPS) is 20.4. The maximum Gasteiger partial charge on any atom is 0.407 e. The Morgan fingerprint density at radius 2 is 2.05 bits per heavy atom. The third-order valence-corrected chi connectivity index (χ3v) is 2.75. The summed E-state index contributed by atoms with van der Waals surface area (Å²) in [6, 6.07) is -0.536. The van der Waals surface area contributed by atoms with E-state index in [4.69, 9.17) is 9.47 Å². The summed E-state index contributed by atoms with van der Waals surface area (Å²) in [6.07, 6.45) is 2.13. The molecule has 0 saturated carbocycles. The molecule has 0 bridgehead atoms.